The molecule has 5 nitrogen and oxygen atoms in total. The fraction of sp³-hybridized carbons (Fsp3) is 0.316. The van der Waals surface area contributed by atoms with Gasteiger partial charge < -0.3 is 5.32 Å². The van der Waals surface area contributed by atoms with Gasteiger partial charge in [-0.1, -0.05) is 24.6 Å². The highest BCUT2D eigenvalue weighted by Gasteiger charge is 2.27. The first-order valence-electron chi connectivity index (χ1n) is 8.72. The quantitative estimate of drug-likeness (QED) is 0.802. The Bertz CT molecular complexity index is 959. The number of carbonyl (C=O) groups excluding carboxylic acids is 1. The molecule has 27 heavy (non-hydrogen) atoms. The summed E-state index contributed by atoms with van der Waals surface area (Å²) < 4.78 is 40.3. The van der Waals surface area contributed by atoms with Crippen molar-refractivity contribution in [2.24, 2.45) is 0 Å². The number of amides is 1. The van der Waals surface area contributed by atoms with E-state index in [-0.39, 0.29) is 16.3 Å². The van der Waals surface area contributed by atoms with E-state index in [1.807, 2.05) is 6.92 Å². The molecule has 144 valence electrons. The summed E-state index contributed by atoms with van der Waals surface area (Å²) in [6.07, 6.45) is 1.95. The van der Waals surface area contributed by atoms with E-state index < -0.39 is 21.7 Å². The number of halogens is 2. The predicted molar refractivity (Wildman–Crippen MR) is 106 cm³/mol. The molecule has 0 fully saturated rings. The molecular formula is C19H20ClFN2O3S. The Morgan fingerprint density at radius 1 is 1.30 bits per heavy atom. The van der Waals surface area contributed by atoms with Crippen LogP contribution >= 0.6 is 11.6 Å². The highest BCUT2D eigenvalue weighted by atomic mass is 35.5. The Morgan fingerprint density at radius 3 is 2.78 bits per heavy atom. The van der Waals surface area contributed by atoms with E-state index in [9.17, 15) is 17.6 Å². The summed E-state index contributed by atoms with van der Waals surface area (Å²) in [5.41, 5.74) is 1.71. The van der Waals surface area contributed by atoms with Crippen LogP contribution in [0.25, 0.3) is 0 Å². The fourth-order valence-electron chi connectivity index (χ4n) is 3.21. The van der Waals surface area contributed by atoms with Crippen LogP contribution in [0.2, 0.25) is 5.02 Å². The zero-order valence-electron chi connectivity index (χ0n) is 14.8. The molecule has 0 unspecified atom stereocenters. The van der Waals surface area contributed by atoms with Gasteiger partial charge in [-0.05, 0) is 55.2 Å². The van der Waals surface area contributed by atoms with Gasteiger partial charge in [0, 0.05) is 12.2 Å². The second-order valence-electron chi connectivity index (χ2n) is 6.39. The van der Waals surface area contributed by atoms with Gasteiger partial charge in [-0.15, -0.1) is 0 Å². The summed E-state index contributed by atoms with van der Waals surface area (Å²) >= 11 is 5.93. The van der Waals surface area contributed by atoms with E-state index in [1.165, 1.54) is 22.5 Å². The number of anilines is 2. The van der Waals surface area contributed by atoms with Crippen LogP contribution in [0.4, 0.5) is 15.8 Å². The molecular weight excluding hydrogens is 391 g/mol. The second kappa shape index (κ2) is 7.86. The number of fused-ring (bicyclic) bond motifs is 1. The number of aryl methyl sites for hydroxylation is 1. The molecule has 0 saturated heterocycles. The number of nitrogens with zero attached hydrogens (tertiary/aromatic N) is 1. The first kappa shape index (κ1) is 19.6. The van der Waals surface area contributed by atoms with Crippen LogP contribution in [0.1, 0.15) is 35.7 Å². The lowest BCUT2D eigenvalue weighted by atomic mass is 10.0. The van der Waals surface area contributed by atoms with Crippen molar-refractivity contribution >= 4 is 38.9 Å². The summed E-state index contributed by atoms with van der Waals surface area (Å²) in [5.74, 6) is -1.25. The van der Waals surface area contributed by atoms with Crippen LogP contribution in [0, 0.1) is 5.82 Å². The van der Waals surface area contributed by atoms with Crippen LogP contribution < -0.4 is 9.62 Å². The number of benzene rings is 2. The molecule has 0 atom stereocenters. The van der Waals surface area contributed by atoms with Gasteiger partial charge >= 0.3 is 0 Å². The van der Waals surface area contributed by atoms with Gasteiger partial charge in [-0.25, -0.2) is 12.8 Å². The maximum Gasteiger partial charge on any atom is 0.260 e. The van der Waals surface area contributed by atoms with Gasteiger partial charge in [0.15, 0.2) is 0 Å². The van der Waals surface area contributed by atoms with Crippen LogP contribution in [-0.2, 0) is 16.4 Å². The van der Waals surface area contributed by atoms with Gasteiger partial charge in [0.2, 0.25) is 10.0 Å². The number of nitrogens with one attached hydrogen (secondary N) is 1. The molecule has 0 spiro atoms. The second-order valence-corrected chi connectivity index (χ2v) is 8.81. The summed E-state index contributed by atoms with van der Waals surface area (Å²) in [6.45, 7) is 2.28. The molecule has 1 heterocycles. The summed E-state index contributed by atoms with van der Waals surface area (Å²) in [7, 11) is -3.36. The topological polar surface area (TPSA) is 66.5 Å². The molecule has 2 aromatic carbocycles. The minimum atomic E-state index is -3.36. The Labute approximate surface area is 163 Å². The minimum absolute atomic E-state index is 0.0299. The number of rotatable bonds is 5. The maximum absolute atomic E-state index is 13.9. The third-order valence-corrected chi connectivity index (χ3v) is 6.69. The van der Waals surface area contributed by atoms with Crippen LogP contribution in [0.3, 0.4) is 0 Å². The lowest BCUT2D eigenvalue weighted by Crippen LogP contribution is -2.37. The molecule has 0 aromatic heterocycles. The molecule has 8 heteroatoms. The smallest absolute Gasteiger partial charge is 0.260 e. The molecule has 1 N–H and O–H groups in total. The van der Waals surface area contributed by atoms with Crippen molar-refractivity contribution < 1.29 is 17.6 Å². The zero-order chi connectivity index (χ0) is 19.6. The number of hydrogen-bond acceptors (Lipinski definition) is 3. The Kier molecular flexibility index (Phi) is 5.72. The van der Waals surface area contributed by atoms with Crippen molar-refractivity contribution in [3.63, 3.8) is 0 Å². The van der Waals surface area contributed by atoms with Gasteiger partial charge in [-0.2, -0.15) is 0 Å². The highest BCUT2D eigenvalue weighted by Crippen LogP contribution is 2.32. The summed E-state index contributed by atoms with van der Waals surface area (Å²) in [4.78, 5) is 12.4. The van der Waals surface area contributed by atoms with Crippen LogP contribution in [-0.4, -0.2) is 26.6 Å². The highest BCUT2D eigenvalue weighted by molar-refractivity contribution is 7.92. The molecule has 0 radical (unpaired) electrons. The molecule has 1 aliphatic heterocycles. The van der Waals surface area contributed by atoms with E-state index in [0.717, 1.165) is 5.56 Å². The predicted octanol–water partition coefficient (Wildman–Crippen LogP) is 4.22. The SMILES string of the molecule is CCCS(=O)(=O)N1CCCc2cc(NC(=O)c3c(F)cccc3Cl)ccc21. The molecule has 0 bridgehead atoms. The van der Waals surface area contributed by atoms with Crippen molar-refractivity contribution in [2.75, 3.05) is 21.9 Å². The van der Waals surface area contributed by atoms with E-state index in [1.54, 1.807) is 18.2 Å². The molecule has 1 amide bonds. The minimum Gasteiger partial charge on any atom is -0.322 e. The average molecular weight is 411 g/mol. The van der Waals surface area contributed by atoms with Gasteiger partial charge in [0.1, 0.15) is 5.82 Å². The number of hydrogen-bond donors (Lipinski definition) is 1. The zero-order valence-corrected chi connectivity index (χ0v) is 16.4. The Morgan fingerprint density at radius 2 is 2.07 bits per heavy atom. The molecule has 0 aliphatic carbocycles. The van der Waals surface area contributed by atoms with Gasteiger partial charge in [0.05, 0.1) is 22.0 Å². The summed E-state index contributed by atoms with van der Waals surface area (Å²) in [5, 5.41) is 2.67. The standard InChI is InChI=1S/C19H20ClFN2O3S/c1-2-11-27(25,26)23-10-4-5-13-12-14(8-9-17(13)23)22-19(24)18-15(20)6-3-7-16(18)21/h3,6-9,12H,2,4-5,10-11H2,1H3,(H,22,24). The molecule has 3 rings (SSSR count). The van der Waals surface area contributed by atoms with E-state index in [4.69, 9.17) is 11.6 Å². The van der Waals surface area contributed by atoms with Crippen molar-refractivity contribution in [3.8, 4) is 0 Å². The maximum atomic E-state index is 13.9. The average Bonchev–Trinajstić information content (AvgIpc) is 2.60. The van der Waals surface area contributed by atoms with Gasteiger partial charge in [-0.3, -0.25) is 9.10 Å². The first-order valence-corrected chi connectivity index (χ1v) is 10.7. The lowest BCUT2D eigenvalue weighted by molar-refractivity contribution is 0.102. The third-order valence-electron chi connectivity index (χ3n) is 4.40. The summed E-state index contributed by atoms with van der Waals surface area (Å²) in [6, 6.07) is 9.08. The molecule has 1 aliphatic rings. The normalized spacial score (nSPS) is 14.0. The molecule has 0 saturated carbocycles. The Hall–Kier alpha value is -2.12. The molecule has 2 aromatic rings. The lowest BCUT2D eigenvalue weighted by Gasteiger charge is -2.30. The monoisotopic (exact) mass is 410 g/mol. The van der Waals surface area contributed by atoms with Crippen molar-refractivity contribution in [2.45, 2.75) is 26.2 Å². The van der Waals surface area contributed by atoms with E-state index in [0.29, 0.717) is 37.2 Å². The Balaban J connectivity index is 1.87. The van der Waals surface area contributed by atoms with E-state index >= 15 is 0 Å². The number of sulfonamides is 1. The van der Waals surface area contributed by atoms with Crippen LogP contribution in [0.5, 0.6) is 0 Å². The first-order chi connectivity index (χ1) is 12.8. The van der Waals surface area contributed by atoms with Gasteiger partial charge in [0.25, 0.3) is 5.91 Å². The third kappa shape index (κ3) is 4.09. The van der Waals surface area contributed by atoms with Crippen molar-refractivity contribution in [1.82, 2.24) is 0 Å². The fourth-order valence-corrected chi connectivity index (χ4v) is 5.08. The van der Waals surface area contributed by atoms with Crippen LogP contribution in [0.15, 0.2) is 36.4 Å². The van der Waals surface area contributed by atoms with Crippen molar-refractivity contribution in [1.29, 1.82) is 0 Å². The van der Waals surface area contributed by atoms with Crippen molar-refractivity contribution in [3.05, 3.63) is 58.4 Å². The largest absolute Gasteiger partial charge is 0.322 e. The number of carbonyl (C=O) groups is 1. The van der Waals surface area contributed by atoms with E-state index in [2.05, 4.69) is 5.32 Å².